The number of hydrogen-bond acceptors (Lipinski definition) is 4. The van der Waals surface area contributed by atoms with Crippen LogP contribution in [0.2, 0.25) is 0 Å². The van der Waals surface area contributed by atoms with Gasteiger partial charge in [0, 0.05) is 13.2 Å². The van der Waals surface area contributed by atoms with Gasteiger partial charge in [-0.1, -0.05) is 6.92 Å². The minimum Gasteiger partial charge on any atom is -0.493 e. The summed E-state index contributed by atoms with van der Waals surface area (Å²) in [6.07, 6.45) is 2.58. The van der Waals surface area contributed by atoms with Crippen molar-refractivity contribution >= 4 is 0 Å². The van der Waals surface area contributed by atoms with E-state index in [1.807, 2.05) is 6.92 Å². The summed E-state index contributed by atoms with van der Waals surface area (Å²) in [7, 11) is 1.58. The molecule has 5 nitrogen and oxygen atoms in total. The zero-order valence-electron chi connectivity index (χ0n) is 11.1. The molecule has 0 aliphatic carbocycles. The summed E-state index contributed by atoms with van der Waals surface area (Å²) in [6, 6.07) is 0. The van der Waals surface area contributed by atoms with Gasteiger partial charge in [0.25, 0.3) is 0 Å². The maximum Gasteiger partial charge on any atom is 0.163 e. The van der Waals surface area contributed by atoms with Crippen molar-refractivity contribution in [2.45, 2.75) is 39.3 Å². The first kappa shape index (κ1) is 14.0. The molecule has 0 radical (unpaired) electrons. The van der Waals surface area contributed by atoms with E-state index in [2.05, 4.69) is 12.0 Å². The largest absolute Gasteiger partial charge is 0.493 e. The van der Waals surface area contributed by atoms with Crippen molar-refractivity contribution in [2.75, 3.05) is 20.3 Å². The fourth-order valence-electron chi connectivity index (χ4n) is 1.81. The van der Waals surface area contributed by atoms with Gasteiger partial charge in [-0.05, 0) is 20.3 Å². The highest BCUT2D eigenvalue weighted by Gasteiger charge is 2.31. The number of hydrogen-bond donors (Lipinski definition) is 1. The predicted molar refractivity (Wildman–Crippen MR) is 65.1 cm³/mol. The minimum atomic E-state index is -1.09. The fraction of sp³-hybridized carbons (Fsp3) is 0.750. The van der Waals surface area contributed by atoms with Gasteiger partial charge in [0.15, 0.2) is 5.75 Å². The summed E-state index contributed by atoms with van der Waals surface area (Å²) in [4.78, 5) is 0. The average Bonchev–Trinajstić information content (AvgIpc) is 2.71. The van der Waals surface area contributed by atoms with Crippen molar-refractivity contribution in [1.82, 2.24) is 9.78 Å². The molecule has 5 heteroatoms. The second kappa shape index (κ2) is 6.02. The molecule has 17 heavy (non-hydrogen) atoms. The van der Waals surface area contributed by atoms with Gasteiger partial charge >= 0.3 is 0 Å². The Balaban J connectivity index is 3.02. The maximum absolute atomic E-state index is 10.5. The van der Waals surface area contributed by atoms with E-state index in [-0.39, 0.29) is 6.61 Å². The Morgan fingerprint density at radius 1 is 1.47 bits per heavy atom. The van der Waals surface area contributed by atoms with E-state index in [1.54, 1.807) is 24.9 Å². The Kier molecular flexibility index (Phi) is 4.96. The van der Waals surface area contributed by atoms with Crippen LogP contribution in [0.5, 0.6) is 5.75 Å². The summed E-state index contributed by atoms with van der Waals surface area (Å²) in [5.41, 5.74) is -0.414. The van der Waals surface area contributed by atoms with Gasteiger partial charge in [0.05, 0.1) is 19.9 Å². The molecule has 1 unspecified atom stereocenters. The monoisotopic (exact) mass is 242 g/mol. The number of aryl methyl sites for hydroxylation is 1. The number of methoxy groups -OCH3 is 1. The van der Waals surface area contributed by atoms with E-state index in [4.69, 9.17) is 9.47 Å². The normalized spacial score (nSPS) is 14.6. The molecule has 1 heterocycles. The summed E-state index contributed by atoms with van der Waals surface area (Å²) in [5.74, 6) is 0.600. The number of aromatic nitrogens is 2. The lowest BCUT2D eigenvalue weighted by atomic mass is 10.0. The molecule has 0 fully saturated rings. The Labute approximate surface area is 102 Å². The van der Waals surface area contributed by atoms with E-state index in [0.29, 0.717) is 18.1 Å². The first-order valence-corrected chi connectivity index (χ1v) is 5.97. The molecule has 1 N–H and O–H groups in total. The predicted octanol–water partition coefficient (Wildman–Crippen LogP) is 1.55. The third-order valence-corrected chi connectivity index (χ3v) is 2.56. The van der Waals surface area contributed by atoms with E-state index >= 15 is 0 Å². The minimum absolute atomic E-state index is 0.231. The van der Waals surface area contributed by atoms with Crippen LogP contribution in [-0.4, -0.2) is 35.2 Å². The van der Waals surface area contributed by atoms with Crippen LogP contribution in [-0.2, 0) is 16.9 Å². The molecule has 98 valence electrons. The highest BCUT2D eigenvalue weighted by Crippen LogP contribution is 2.30. The van der Waals surface area contributed by atoms with Gasteiger partial charge in [-0.2, -0.15) is 5.10 Å². The Bertz CT molecular complexity index is 348. The summed E-state index contributed by atoms with van der Waals surface area (Å²) >= 11 is 0. The lowest BCUT2D eigenvalue weighted by Crippen LogP contribution is -2.31. The molecule has 0 spiro atoms. The highest BCUT2D eigenvalue weighted by molar-refractivity contribution is 5.30. The zero-order chi connectivity index (χ0) is 12.9. The first-order valence-electron chi connectivity index (χ1n) is 5.97. The molecule has 1 aromatic rings. The molecular formula is C12H22N2O3. The lowest BCUT2D eigenvalue weighted by Gasteiger charge is -2.25. The van der Waals surface area contributed by atoms with Crippen molar-refractivity contribution < 1.29 is 14.6 Å². The van der Waals surface area contributed by atoms with Gasteiger partial charge in [-0.25, -0.2) is 0 Å². The molecular weight excluding hydrogens is 220 g/mol. The molecule has 0 saturated heterocycles. The first-order chi connectivity index (χ1) is 8.06. The van der Waals surface area contributed by atoms with Crippen LogP contribution < -0.4 is 4.74 Å². The van der Waals surface area contributed by atoms with Crippen LogP contribution in [0.25, 0.3) is 0 Å². The third kappa shape index (κ3) is 3.20. The van der Waals surface area contributed by atoms with Gasteiger partial charge in [-0.3, -0.25) is 4.68 Å². The van der Waals surface area contributed by atoms with Crippen LogP contribution in [0.1, 0.15) is 32.9 Å². The van der Waals surface area contributed by atoms with Crippen LogP contribution in [0.15, 0.2) is 6.20 Å². The Morgan fingerprint density at radius 2 is 2.18 bits per heavy atom. The van der Waals surface area contributed by atoms with Crippen molar-refractivity contribution in [3.63, 3.8) is 0 Å². The standard InChI is InChI=1S/C12H22N2O3/c1-5-7-14-11(10(16-4)8-13-14)12(3,15)9-17-6-2/h8,15H,5-7,9H2,1-4H3. The van der Waals surface area contributed by atoms with Crippen LogP contribution in [0.4, 0.5) is 0 Å². The summed E-state index contributed by atoms with van der Waals surface area (Å²) in [5, 5.41) is 14.7. The number of ether oxygens (including phenoxy) is 2. The van der Waals surface area contributed by atoms with Crippen molar-refractivity contribution in [3.05, 3.63) is 11.9 Å². The molecule has 0 aliphatic heterocycles. The third-order valence-electron chi connectivity index (χ3n) is 2.56. The van der Waals surface area contributed by atoms with Gasteiger partial charge in [0.1, 0.15) is 11.3 Å². The van der Waals surface area contributed by atoms with Crippen molar-refractivity contribution in [2.24, 2.45) is 0 Å². The lowest BCUT2D eigenvalue weighted by molar-refractivity contribution is -0.0414. The fourth-order valence-corrected chi connectivity index (χ4v) is 1.81. The van der Waals surface area contributed by atoms with Gasteiger partial charge < -0.3 is 14.6 Å². The quantitative estimate of drug-likeness (QED) is 0.788. The molecule has 0 saturated carbocycles. The molecule has 1 aromatic heterocycles. The second-order valence-corrected chi connectivity index (χ2v) is 4.20. The van der Waals surface area contributed by atoms with Gasteiger partial charge in [-0.15, -0.1) is 0 Å². The van der Waals surface area contributed by atoms with Crippen molar-refractivity contribution in [1.29, 1.82) is 0 Å². The van der Waals surface area contributed by atoms with Gasteiger partial charge in [0.2, 0.25) is 0 Å². The van der Waals surface area contributed by atoms with Crippen LogP contribution in [0.3, 0.4) is 0 Å². The molecule has 0 amide bonds. The SMILES string of the molecule is CCCn1ncc(OC)c1C(C)(O)COCC. The van der Waals surface area contributed by atoms with E-state index in [0.717, 1.165) is 13.0 Å². The molecule has 0 aliphatic rings. The van der Waals surface area contributed by atoms with Crippen LogP contribution in [0, 0.1) is 0 Å². The summed E-state index contributed by atoms with van der Waals surface area (Å²) in [6.45, 7) is 7.23. The topological polar surface area (TPSA) is 56.5 Å². The molecule has 0 aromatic carbocycles. The highest BCUT2D eigenvalue weighted by atomic mass is 16.5. The van der Waals surface area contributed by atoms with E-state index < -0.39 is 5.60 Å². The van der Waals surface area contributed by atoms with E-state index in [9.17, 15) is 5.11 Å². The molecule has 1 atom stereocenters. The summed E-state index contributed by atoms with van der Waals surface area (Å²) < 4.78 is 12.3. The zero-order valence-corrected chi connectivity index (χ0v) is 11.1. The Hall–Kier alpha value is -1.07. The number of nitrogens with zero attached hydrogens (tertiary/aromatic N) is 2. The number of rotatable bonds is 7. The van der Waals surface area contributed by atoms with Crippen LogP contribution >= 0.6 is 0 Å². The molecule has 0 bridgehead atoms. The second-order valence-electron chi connectivity index (χ2n) is 4.20. The van der Waals surface area contributed by atoms with E-state index in [1.165, 1.54) is 0 Å². The van der Waals surface area contributed by atoms with Crippen molar-refractivity contribution in [3.8, 4) is 5.75 Å². The number of aliphatic hydroxyl groups is 1. The Morgan fingerprint density at radius 3 is 2.71 bits per heavy atom. The smallest absolute Gasteiger partial charge is 0.163 e. The maximum atomic E-state index is 10.5. The average molecular weight is 242 g/mol. The molecule has 1 rings (SSSR count).